The number of imidazole rings is 1. The van der Waals surface area contributed by atoms with Gasteiger partial charge in [0.25, 0.3) is 0 Å². The van der Waals surface area contributed by atoms with Crippen molar-refractivity contribution in [1.29, 1.82) is 0 Å². The number of halogens is 1. The van der Waals surface area contributed by atoms with Crippen LogP contribution in [0.25, 0.3) is 0 Å². The zero-order valence-corrected chi connectivity index (χ0v) is 9.33. The van der Waals surface area contributed by atoms with Crippen molar-refractivity contribution in [3.05, 3.63) is 17.7 Å². The molecule has 1 rings (SSSR count). The summed E-state index contributed by atoms with van der Waals surface area (Å²) < 4.78 is 6.68. The first-order valence-corrected chi connectivity index (χ1v) is 4.61. The first-order valence-electron chi connectivity index (χ1n) is 3.90. The maximum atomic E-state index is 10.7. The van der Waals surface area contributed by atoms with Gasteiger partial charge in [0, 0.05) is 13.1 Å². The van der Waals surface area contributed by atoms with Gasteiger partial charge >= 0.3 is 5.97 Å². The molecule has 0 aromatic carbocycles. The summed E-state index contributed by atoms with van der Waals surface area (Å²) in [7, 11) is 0. The van der Waals surface area contributed by atoms with E-state index in [0.29, 0.717) is 0 Å². The molecule has 0 bridgehead atoms. The lowest BCUT2D eigenvalue weighted by Gasteiger charge is -2.07. The molecule has 0 saturated heterocycles. The third-order valence-corrected chi connectivity index (χ3v) is 2.32. The number of carbonyl (C=O) groups excluding carboxylic acids is 1. The topological polar surface area (TPSA) is 44.1 Å². The lowest BCUT2D eigenvalue weighted by molar-refractivity contribution is -0.145. The Kier molecular flexibility index (Phi) is 3.08. The Bertz CT molecular complexity index is 302. The summed E-state index contributed by atoms with van der Waals surface area (Å²) in [6.45, 7) is 5.03. The number of rotatable bonds is 2. The molecule has 1 heterocycles. The molecule has 1 aromatic rings. The van der Waals surface area contributed by atoms with Crippen LogP contribution in [-0.2, 0) is 9.53 Å². The lowest BCUT2D eigenvalue weighted by Crippen LogP contribution is -2.04. The highest BCUT2D eigenvalue weighted by atomic mass is 79.9. The van der Waals surface area contributed by atoms with Gasteiger partial charge in [-0.25, -0.2) is 4.98 Å². The maximum Gasteiger partial charge on any atom is 0.303 e. The number of aryl methyl sites for hydroxylation is 1. The van der Waals surface area contributed by atoms with Crippen LogP contribution in [0.15, 0.2) is 6.20 Å². The van der Waals surface area contributed by atoms with E-state index < -0.39 is 0 Å². The number of esters is 1. The monoisotopic (exact) mass is 246 g/mol. The van der Waals surface area contributed by atoms with E-state index >= 15 is 0 Å². The van der Waals surface area contributed by atoms with E-state index in [4.69, 9.17) is 4.74 Å². The van der Waals surface area contributed by atoms with E-state index in [1.807, 2.05) is 6.92 Å². The fourth-order valence-electron chi connectivity index (χ4n) is 0.978. The van der Waals surface area contributed by atoms with E-state index in [-0.39, 0.29) is 12.1 Å². The first-order chi connectivity index (χ1) is 6.00. The van der Waals surface area contributed by atoms with Crippen LogP contribution in [0.5, 0.6) is 0 Å². The van der Waals surface area contributed by atoms with E-state index in [1.54, 1.807) is 16.7 Å². The van der Waals surface area contributed by atoms with Crippen LogP contribution in [0, 0.1) is 6.92 Å². The predicted molar refractivity (Wildman–Crippen MR) is 51.5 cm³/mol. The highest BCUT2D eigenvalue weighted by molar-refractivity contribution is 9.08. The second-order valence-corrected chi connectivity index (χ2v) is 3.54. The van der Waals surface area contributed by atoms with Gasteiger partial charge in [-0.2, -0.15) is 0 Å². The van der Waals surface area contributed by atoms with Crippen molar-refractivity contribution in [1.82, 2.24) is 8.58 Å². The van der Waals surface area contributed by atoms with Crippen LogP contribution in [-0.4, -0.2) is 14.5 Å². The van der Waals surface area contributed by atoms with Crippen molar-refractivity contribution < 1.29 is 9.53 Å². The second-order valence-electron chi connectivity index (χ2n) is 2.78. The van der Waals surface area contributed by atoms with Crippen molar-refractivity contribution in [3.63, 3.8) is 0 Å². The average molecular weight is 247 g/mol. The van der Waals surface area contributed by atoms with E-state index in [2.05, 4.69) is 21.1 Å². The van der Waals surface area contributed by atoms with Crippen LogP contribution in [0.1, 0.15) is 31.5 Å². The normalized spacial score (nSPS) is 12.6. The van der Waals surface area contributed by atoms with Crippen molar-refractivity contribution in [2.45, 2.75) is 26.9 Å². The minimum absolute atomic E-state index is 0.296. The second kappa shape index (κ2) is 3.91. The lowest BCUT2D eigenvalue weighted by atomic mass is 10.3. The van der Waals surface area contributed by atoms with Crippen LogP contribution >= 0.6 is 16.1 Å². The van der Waals surface area contributed by atoms with E-state index in [0.717, 1.165) is 11.5 Å². The van der Waals surface area contributed by atoms with Gasteiger partial charge in [-0.05, 0) is 13.8 Å². The molecule has 0 aliphatic rings. The molecule has 0 amide bonds. The fraction of sp³-hybridized carbons (Fsp3) is 0.500. The van der Waals surface area contributed by atoms with Crippen LogP contribution in [0.2, 0.25) is 0 Å². The molecule has 0 fully saturated rings. The number of nitrogens with zero attached hydrogens (tertiary/aromatic N) is 2. The molecule has 0 N–H and O–H groups in total. The highest BCUT2D eigenvalue weighted by Gasteiger charge is 2.12. The smallest absolute Gasteiger partial charge is 0.303 e. The van der Waals surface area contributed by atoms with E-state index in [1.165, 1.54) is 6.92 Å². The predicted octanol–water partition coefficient (Wildman–Crippen LogP) is 1.97. The number of carbonyl (C=O) groups is 1. The Morgan fingerprint density at radius 1 is 1.77 bits per heavy atom. The standard InChI is InChI=1S/C8H11BrN2O2/c1-5(13-7(3)12)8-4-11(9)6(2)10-8/h4-5H,1-3H3. The van der Waals surface area contributed by atoms with Gasteiger partial charge in [-0.1, -0.05) is 0 Å². The minimum atomic E-state index is -0.297. The molecule has 0 aliphatic heterocycles. The summed E-state index contributed by atoms with van der Waals surface area (Å²) in [6.07, 6.45) is 1.48. The Morgan fingerprint density at radius 2 is 2.38 bits per heavy atom. The molecule has 72 valence electrons. The van der Waals surface area contributed by atoms with E-state index in [9.17, 15) is 4.79 Å². The zero-order chi connectivity index (χ0) is 10.0. The van der Waals surface area contributed by atoms with Gasteiger partial charge in [0.15, 0.2) is 0 Å². The third kappa shape index (κ3) is 2.55. The Morgan fingerprint density at radius 3 is 2.77 bits per heavy atom. The molecule has 1 aromatic heterocycles. The zero-order valence-electron chi connectivity index (χ0n) is 7.74. The molecular formula is C8H11BrN2O2. The SMILES string of the molecule is CC(=O)OC(C)c1cn(Br)c(C)n1. The van der Waals surface area contributed by atoms with Gasteiger partial charge in [0.1, 0.15) is 11.9 Å². The van der Waals surface area contributed by atoms with Crippen molar-refractivity contribution >= 4 is 22.1 Å². The summed E-state index contributed by atoms with van der Waals surface area (Å²) in [4.78, 5) is 14.9. The van der Waals surface area contributed by atoms with Crippen LogP contribution in [0.3, 0.4) is 0 Å². The first kappa shape index (κ1) is 10.2. The molecule has 0 radical (unpaired) electrons. The number of aromatic nitrogens is 2. The number of ether oxygens (including phenoxy) is 1. The Balaban J connectivity index is 2.77. The quantitative estimate of drug-likeness (QED) is 0.750. The molecule has 13 heavy (non-hydrogen) atoms. The Hall–Kier alpha value is -0.840. The summed E-state index contributed by atoms with van der Waals surface area (Å²) in [5.74, 6) is 0.531. The maximum absolute atomic E-state index is 10.7. The summed E-state index contributed by atoms with van der Waals surface area (Å²) in [6, 6.07) is 0. The Labute approximate surface area is 85.2 Å². The summed E-state index contributed by atoms with van der Waals surface area (Å²) in [5, 5.41) is 0. The average Bonchev–Trinajstić information content (AvgIpc) is 2.31. The summed E-state index contributed by atoms with van der Waals surface area (Å²) in [5.41, 5.74) is 0.740. The highest BCUT2D eigenvalue weighted by Crippen LogP contribution is 2.17. The molecule has 4 nitrogen and oxygen atoms in total. The molecule has 5 heteroatoms. The molecule has 0 spiro atoms. The summed E-state index contributed by atoms with van der Waals surface area (Å²) >= 11 is 3.26. The van der Waals surface area contributed by atoms with Gasteiger partial charge in [-0.15, -0.1) is 0 Å². The number of hydrogen-bond acceptors (Lipinski definition) is 3. The van der Waals surface area contributed by atoms with Gasteiger partial charge in [0.05, 0.1) is 21.8 Å². The van der Waals surface area contributed by atoms with Crippen LogP contribution < -0.4 is 0 Å². The van der Waals surface area contributed by atoms with Gasteiger partial charge in [-0.3, -0.25) is 8.39 Å². The van der Waals surface area contributed by atoms with Crippen molar-refractivity contribution in [2.75, 3.05) is 0 Å². The fourth-order valence-corrected chi connectivity index (χ4v) is 1.27. The molecule has 1 atom stereocenters. The van der Waals surface area contributed by atoms with Crippen molar-refractivity contribution in [2.24, 2.45) is 0 Å². The molecule has 0 aliphatic carbocycles. The number of hydrogen-bond donors (Lipinski definition) is 0. The molecule has 1 unspecified atom stereocenters. The van der Waals surface area contributed by atoms with Gasteiger partial charge < -0.3 is 4.74 Å². The largest absolute Gasteiger partial charge is 0.456 e. The van der Waals surface area contributed by atoms with Crippen LogP contribution in [0.4, 0.5) is 0 Å². The third-order valence-electron chi connectivity index (χ3n) is 1.60. The van der Waals surface area contributed by atoms with Gasteiger partial charge in [0.2, 0.25) is 0 Å². The van der Waals surface area contributed by atoms with Crippen molar-refractivity contribution in [3.8, 4) is 0 Å². The minimum Gasteiger partial charge on any atom is -0.456 e. The molecule has 0 saturated carbocycles. The molecular weight excluding hydrogens is 236 g/mol.